The van der Waals surface area contributed by atoms with Gasteiger partial charge in [-0.1, -0.05) is 23.2 Å². The molecule has 1 aromatic carbocycles. The molecule has 0 aromatic heterocycles. The molecule has 1 rings (SSSR count). The average molecular weight is 419 g/mol. The molecule has 0 aliphatic heterocycles. The molecule has 0 saturated heterocycles. The minimum Gasteiger partial charge on any atom is -0.327 e. The number of halogens is 5. The van der Waals surface area contributed by atoms with E-state index in [1.807, 2.05) is 0 Å². The highest BCUT2D eigenvalue weighted by molar-refractivity contribution is 7.84. The Morgan fingerprint density at radius 3 is 2.24 bits per heavy atom. The van der Waals surface area contributed by atoms with Gasteiger partial charge in [-0.15, -0.1) is 0 Å². The van der Waals surface area contributed by atoms with Crippen LogP contribution in [0.25, 0.3) is 0 Å². The van der Waals surface area contributed by atoms with Crippen LogP contribution in [0, 0.1) is 0 Å². The highest BCUT2D eigenvalue weighted by atomic mass is 35.5. The Bertz CT molecular complexity index is 631. The van der Waals surface area contributed by atoms with Gasteiger partial charge in [-0.3, -0.25) is 9.00 Å². The van der Waals surface area contributed by atoms with Gasteiger partial charge in [0.15, 0.2) is 0 Å². The predicted molar refractivity (Wildman–Crippen MR) is 95.4 cm³/mol. The van der Waals surface area contributed by atoms with Crippen LogP contribution in [0.1, 0.15) is 31.7 Å². The van der Waals surface area contributed by atoms with E-state index in [4.69, 9.17) is 28.9 Å². The second kappa shape index (κ2) is 9.21. The number of hydrogen-bond donors (Lipinski definition) is 2. The van der Waals surface area contributed by atoms with Crippen molar-refractivity contribution in [2.24, 2.45) is 5.73 Å². The molecule has 0 radical (unpaired) electrons. The van der Waals surface area contributed by atoms with E-state index in [2.05, 4.69) is 5.32 Å². The molecule has 0 fully saturated rings. The summed E-state index contributed by atoms with van der Waals surface area (Å²) in [5.41, 5.74) is 4.69. The minimum atomic E-state index is -4.58. The summed E-state index contributed by atoms with van der Waals surface area (Å²) >= 11 is 11.6. The Hall–Kier alpha value is -0.830. The van der Waals surface area contributed by atoms with Gasteiger partial charge < -0.3 is 11.1 Å². The molecule has 1 amide bonds. The topological polar surface area (TPSA) is 72.2 Å². The molecule has 1 aromatic rings. The zero-order valence-electron chi connectivity index (χ0n) is 13.6. The number of nitrogens with one attached hydrogen (secondary N) is 1. The van der Waals surface area contributed by atoms with E-state index in [0.29, 0.717) is 25.0 Å². The summed E-state index contributed by atoms with van der Waals surface area (Å²) in [5.74, 6) is -0.450. The molecule has 0 spiro atoms. The molecule has 10 heteroatoms. The molecule has 0 aliphatic rings. The van der Waals surface area contributed by atoms with E-state index < -0.39 is 28.4 Å². The number of nitrogens with two attached hydrogens (primary N) is 1. The van der Waals surface area contributed by atoms with Crippen molar-refractivity contribution in [3.8, 4) is 0 Å². The summed E-state index contributed by atoms with van der Waals surface area (Å²) in [7, 11) is -1.11. The Balaban J connectivity index is 2.71. The second-order valence-corrected chi connectivity index (χ2v) is 8.07. The van der Waals surface area contributed by atoms with Gasteiger partial charge in [-0.2, -0.15) is 13.2 Å². The fourth-order valence-electron chi connectivity index (χ4n) is 2.25. The standard InChI is InChI=1S/C15H19Cl2F3N2O2S/c1-8(21)12(25(2)24)4-3-5-13(23)22-14-10(16)6-9(7-11(14)17)15(18,19)20/h6-8,12H,3-5,21H2,1-2H3,(H,22,23). The van der Waals surface area contributed by atoms with Crippen molar-refractivity contribution in [3.63, 3.8) is 0 Å². The highest BCUT2D eigenvalue weighted by Crippen LogP contribution is 2.38. The van der Waals surface area contributed by atoms with Crippen molar-refractivity contribution >= 4 is 45.6 Å². The molecular weight excluding hydrogens is 400 g/mol. The quantitative estimate of drug-likeness (QED) is 0.696. The summed E-state index contributed by atoms with van der Waals surface area (Å²) < 4.78 is 49.6. The van der Waals surface area contributed by atoms with E-state index >= 15 is 0 Å². The second-order valence-electron chi connectivity index (χ2n) is 5.65. The van der Waals surface area contributed by atoms with Gasteiger partial charge >= 0.3 is 6.18 Å². The number of rotatable bonds is 7. The maximum atomic E-state index is 12.7. The van der Waals surface area contributed by atoms with E-state index in [9.17, 15) is 22.2 Å². The van der Waals surface area contributed by atoms with Crippen LogP contribution in [0.3, 0.4) is 0 Å². The first kappa shape index (κ1) is 22.2. The smallest absolute Gasteiger partial charge is 0.327 e. The highest BCUT2D eigenvalue weighted by Gasteiger charge is 2.32. The third-order valence-electron chi connectivity index (χ3n) is 3.54. The lowest BCUT2D eigenvalue weighted by atomic mass is 10.1. The van der Waals surface area contributed by atoms with Crippen molar-refractivity contribution in [3.05, 3.63) is 27.7 Å². The molecule has 0 saturated carbocycles. The van der Waals surface area contributed by atoms with Crippen molar-refractivity contribution in [2.45, 2.75) is 43.7 Å². The van der Waals surface area contributed by atoms with Crippen LogP contribution in [-0.2, 0) is 21.8 Å². The van der Waals surface area contributed by atoms with E-state index in [1.54, 1.807) is 13.2 Å². The fraction of sp³-hybridized carbons (Fsp3) is 0.533. The van der Waals surface area contributed by atoms with Crippen LogP contribution in [-0.4, -0.2) is 27.7 Å². The molecule has 0 heterocycles. The van der Waals surface area contributed by atoms with E-state index in [0.717, 1.165) is 0 Å². The van der Waals surface area contributed by atoms with Gasteiger partial charge in [0, 0.05) is 34.8 Å². The minimum absolute atomic E-state index is 0.0656. The number of amides is 1. The number of benzene rings is 1. The van der Waals surface area contributed by atoms with Crippen molar-refractivity contribution in [1.29, 1.82) is 0 Å². The largest absolute Gasteiger partial charge is 0.416 e. The molecule has 3 unspecified atom stereocenters. The maximum Gasteiger partial charge on any atom is 0.416 e. The molecule has 4 nitrogen and oxygen atoms in total. The Morgan fingerprint density at radius 2 is 1.84 bits per heavy atom. The summed E-state index contributed by atoms with van der Waals surface area (Å²) in [6.07, 6.45) is -2.04. The van der Waals surface area contributed by atoms with E-state index in [-0.39, 0.29) is 33.4 Å². The zero-order valence-corrected chi connectivity index (χ0v) is 16.0. The van der Waals surface area contributed by atoms with Gasteiger partial charge in [0.25, 0.3) is 0 Å². The van der Waals surface area contributed by atoms with Crippen LogP contribution in [0.15, 0.2) is 12.1 Å². The first-order valence-electron chi connectivity index (χ1n) is 7.37. The number of anilines is 1. The lowest BCUT2D eigenvalue weighted by Gasteiger charge is -2.18. The monoisotopic (exact) mass is 418 g/mol. The lowest BCUT2D eigenvalue weighted by Crippen LogP contribution is -2.34. The maximum absolute atomic E-state index is 12.7. The Kier molecular flexibility index (Phi) is 8.18. The Labute approximate surface area is 156 Å². The zero-order chi connectivity index (χ0) is 19.4. The first-order valence-corrected chi connectivity index (χ1v) is 9.75. The third-order valence-corrected chi connectivity index (χ3v) is 5.65. The van der Waals surface area contributed by atoms with Crippen LogP contribution in [0.2, 0.25) is 10.0 Å². The van der Waals surface area contributed by atoms with Gasteiger partial charge in [0.05, 0.1) is 21.3 Å². The van der Waals surface area contributed by atoms with Crippen molar-refractivity contribution < 1.29 is 22.2 Å². The van der Waals surface area contributed by atoms with Gasteiger partial charge in [0.2, 0.25) is 5.91 Å². The van der Waals surface area contributed by atoms with Crippen LogP contribution < -0.4 is 11.1 Å². The summed E-state index contributed by atoms with van der Waals surface area (Å²) in [4.78, 5) is 12.0. The van der Waals surface area contributed by atoms with Gasteiger partial charge in [0.1, 0.15) is 0 Å². The van der Waals surface area contributed by atoms with E-state index in [1.165, 1.54) is 0 Å². The molecule has 0 bridgehead atoms. The predicted octanol–water partition coefficient (Wildman–Crippen LogP) is 4.22. The van der Waals surface area contributed by atoms with Crippen molar-refractivity contribution in [1.82, 2.24) is 0 Å². The lowest BCUT2D eigenvalue weighted by molar-refractivity contribution is -0.137. The summed E-state index contributed by atoms with van der Waals surface area (Å²) in [5, 5.41) is 1.59. The number of carbonyl (C=O) groups excluding carboxylic acids is 1. The molecule has 3 N–H and O–H groups in total. The molecule has 25 heavy (non-hydrogen) atoms. The number of alkyl halides is 3. The van der Waals surface area contributed by atoms with Crippen LogP contribution >= 0.6 is 23.2 Å². The average Bonchev–Trinajstić information content (AvgIpc) is 2.45. The normalized spacial score (nSPS) is 15.5. The van der Waals surface area contributed by atoms with Gasteiger partial charge in [-0.05, 0) is 31.9 Å². The molecule has 0 aliphatic carbocycles. The van der Waals surface area contributed by atoms with Gasteiger partial charge in [-0.25, -0.2) is 0 Å². The molecule has 142 valence electrons. The number of carbonyl (C=O) groups is 1. The number of hydrogen-bond acceptors (Lipinski definition) is 3. The molecular formula is C15H19Cl2F3N2O2S. The first-order chi connectivity index (χ1) is 11.4. The summed E-state index contributed by atoms with van der Waals surface area (Å²) in [6, 6.07) is 1.14. The third kappa shape index (κ3) is 6.77. The Morgan fingerprint density at radius 1 is 1.32 bits per heavy atom. The van der Waals surface area contributed by atoms with Crippen LogP contribution in [0.4, 0.5) is 18.9 Å². The molecule has 3 atom stereocenters. The van der Waals surface area contributed by atoms with Crippen LogP contribution in [0.5, 0.6) is 0 Å². The SMILES string of the molecule is CC(N)C(CCCC(=O)Nc1c(Cl)cc(C(F)(F)F)cc1Cl)S(C)=O. The fourth-order valence-corrected chi connectivity index (χ4v) is 3.94. The summed E-state index contributed by atoms with van der Waals surface area (Å²) in [6.45, 7) is 1.74. The van der Waals surface area contributed by atoms with Crippen molar-refractivity contribution in [2.75, 3.05) is 11.6 Å².